The average molecular weight is 622 g/mol. The highest BCUT2D eigenvalue weighted by Gasteiger charge is 2.21. The molecule has 44 heavy (non-hydrogen) atoms. The lowest BCUT2D eigenvalue weighted by Gasteiger charge is -2.09. The number of nitrogens with zero attached hydrogens (tertiary/aromatic N) is 4. The minimum Gasteiger partial charge on any atom is -0.444 e. The zero-order valence-electron chi connectivity index (χ0n) is 23.4. The molecule has 1 amide bonds. The van der Waals surface area contributed by atoms with E-state index in [4.69, 9.17) is 38.7 Å². The monoisotopic (exact) mass is 620 g/mol. The van der Waals surface area contributed by atoms with Crippen LogP contribution in [0.1, 0.15) is 27.8 Å². The van der Waals surface area contributed by atoms with Crippen molar-refractivity contribution in [2.75, 3.05) is 11.1 Å². The molecule has 8 nitrogen and oxygen atoms in total. The highest BCUT2D eigenvalue weighted by molar-refractivity contribution is 6.30. The van der Waals surface area contributed by atoms with Crippen molar-refractivity contribution in [3.8, 4) is 0 Å². The van der Waals surface area contributed by atoms with Gasteiger partial charge in [-0.15, -0.1) is 0 Å². The summed E-state index contributed by atoms with van der Waals surface area (Å²) in [6.07, 6.45) is 4.30. The number of amides is 1. The molecule has 0 atom stereocenters. The molecule has 4 heterocycles. The molecule has 5 aromatic rings. The van der Waals surface area contributed by atoms with Gasteiger partial charge in [0.25, 0.3) is 0 Å². The van der Waals surface area contributed by atoms with Gasteiger partial charge in [-0.2, -0.15) is 0 Å². The molecule has 10 heteroatoms. The molecule has 0 aliphatic carbocycles. The predicted molar refractivity (Wildman–Crippen MR) is 176 cm³/mol. The Morgan fingerprint density at radius 3 is 1.95 bits per heavy atom. The van der Waals surface area contributed by atoms with Crippen LogP contribution in [0.3, 0.4) is 0 Å². The number of halogens is 2. The third kappa shape index (κ3) is 6.78. The number of pyridine rings is 2. The number of ether oxygens (including phenoxy) is 1. The van der Waals surface area contributed by atoms with E-state index < -0.39 is 6.09 Å². The minimum atomic E-state index is -0.511. The zero-order chi connectivity index (χ0) is 30.5. The Kier molecular flexibility index (Phi) is 8.63. The summed E-state index contributed by atoms with van der Waals surface area (Å²) in [6, 6.07) is 28.5. The topological polar surface area (TPSA) is 115 Å². The third-order valence-corrected chi connectivity index (χ3v) is 7.46. The number of rotatable bonds is 5. The molecule has 0 saturated carbocycles. The van der Waals surface area contributed by atoms with E-state index in [0.29, 0.717) is 22.4 Å². The number of benzene rings is 3. The Morgan fingerprint density at radius 2 is 1.34 bits per heavy atom. The summed E-state index contributed by atoms with van der Waals surface area (Å²) in [5.41, 5.74) is 15.8. The lowest BCUT2D eigenvalue weighted by molar-refractivity contribution is 0.155. The lowest BCUT2D eigenvalue weighted by atomic mass is 10.0. The van der Waals surface area contributed by atoms with E-state index in [9.17, 15) is 4.79 Å². The molecule has 0 unspecified atom stereocenters. The van der Waals surface area contributed by atoms with Gasteiger partial charge < -0.3 is 10.5 Å². The number of para-hydroxylation sites is 2. The molecule has 2 aliphatic heterocycles. The molecule has 3 N–H and O–H groups in total. The van der Waals surface area contributed by atoms with Gasteiger partial charge in [-0.25, -0.2) is 19.8 Å². The first kappa shape index (κ1) is 29.0. The van der Waals surface area contributed by atoms with Gasteiger partial charge in [-0.1, -0.05) is 77.8 Å². The van der Waals surface area contributed by atoms with Gasteiger partial charge in [0.05, 0.1) is 34.2 Å². The number of hydrogen-bond acceptors (Lipinski definition) is 7. The SMILES string of the molecule is Nc1cccc2c1N=C(c1ccnc(Cl)c1)C2.O=C(Nc1cccc2c1N=C(c1ccnc(Cl)c1)C2)OCc1ccccc1. The second-order valence-electron chi connectivity index (χ2n) is 10.1. The van der Waals surface area contributed by atoms with Crippen LogP contribution in [0.4, 0.5) is 27.5 Å². The summed E-state index contributed by atoms with van der Waals surface area (Å²) in [4.78, 5) is 29.4. The van der Waals surface area contributed by atoms with Crippen molar-refractivity contribution in [2.24, 2.45) is 9.98 Å². The molecule has 218 valence electrons. The smallest absolute Gasteiger partial charge is 0.412 e. The van der Waals surface area contributed by atoms with Crippen molar-refractivity contribution < 1.29 is 9.53 Å². The van der Waals surface area contributed by atoms with Gasteiger partial charge in [-0.3, -0.25) is 10.3 Å². The van der Waals surface area contributed by atoms with Crippen LogP contribution >= 0.6 is 23.2 Å². The summed E-state index contributed by atoms with van der Waals surface area (Å²) in [5, 5.41) is 3.69. The highest BCUT2D eigenvalue weighted by Crippen LogP contribution is 2.36. The van der Waals surface area contributed by atoms with Crippen molar-refractivity contribution >= 4 is 63.5 Å². The number of hydrogen-bond donors (Lipinski definition) is 2. The van der Waals surface area contributed by atoms with E-state index >= 15 is 0 Å². The summed E-state index contributed by atoms with van der Waals surface area (Å²) in [6.45, 7) is 0.214. The summed E-state index contributed by atoms with van der Waals surface area (Å²) in [7, 11) is 0. The van der Waals surface area contributed by atoms with Crippen LogP contribution < -0.4 is 11.1 Å². The summed E-state index contributed by atoms with van der Waals surface area (Å²) in [5.74, 6) is 0. The van der Waals surface area contributed by atoms with Gasteiger partial charge in [-0.05, 0) is 53.1 Å². The molecule has 0 saturated heterocycles. The largest absolute Gasteiger partial charge is 0.444 e. The quantitative estimate of drug-likeness (QED) is 0.152. The van der Waals surface area contributed by atoms with E-state index in [-0.39, 0.29) is 6.61 Å². The zero-order valence-corrected chi connectivity index (χ0v) is 24.9. The first-order chi connectivity index (χ1) is 21.4. The highest BCUT2D eigenvalue weighted by atomic mass is 35.5. The fourth-order valence-corrected chi connectivity index (χ4v) is 5.28. The number of nitrogen functional groups attached to an aromatic ring is 1. The van der Waals surface area contributed by atoms with Crippen LogP contribution in [0.25, 0.3) is 0 Å². The molecule has 0 fully saturated rings. The van der Waals surface area contributed by atoms with Crippen LogP contribution in [0.5, 0.6) is 0 Å². The van der Waals surface area contributed by atoms with E-state index in [1.165, 1.54) is 0 Å². The van der Waals surface area contributed by atoms with Crippen molar-refractivity contribution in [3.63, 3.8) is 0 Å². The molecule has 2 aromatic heterocycles. The maximum absolute atomic E-state index is 12.2. The van der Waals surface area contributed by atoms with Gasteiger partial charge in [0.15, 0.2) is 0 Å². The van der Waals surface area contributed by atoms with Crippen LogP contribution in [0.2, 0.25) is 10.3 Å². The fraction of sp³-hybridized carbons (Fsp3) is 0.0882. The number of fused-ring (bicyclic) bond motifs is 2. The van der Waals surface area contributed by atoms with Crippen molar-refractivity contribution in [3.05, 3.63) is 142 Å². The maximum atomic E-state index is 12.2. The standard InChI is InChI=1S/C21H16ClN3O2.C13H10ClN3/c22-19-12-15(9-10-23-19)18-11-16-7-4-8-17(20(16)24-18)25-21(26)27-13-14-5-2-1-3-6-14;14-12-7-8(4-5-16-12)11-6-9-2-1-3-10(15)13(9)17-11/h1-10,12H,11,13H2,(H,25,26);1-5,7H,6,15H2. The Morgan fingerprint density at radius 1 is 0.750 bits per heavy atom. The number of nitrogens with one attached hydrogen (secondary N) is 1. The number of aromatic nitrogens is 2. The Labute approximate surface area is 264 Å². The first-order valence-corrected chi connectivity index (χ1v) is 14.5. The second kappa shape index (κ2) is 13.1. The molecule has 0 radical (unpaired) electrons. The molecule has 3 aromatic carbocycles. The van der Waals surface area contributed by atoms with Crippen molar-refractivity contribution in [2.45, 2.75) is 19.4 Å². The average Bonchev–Trinajstić information content (AvgIpc) is 3.68. The lowest BCUT2D eigenvalue weighted by Crippen LogP contribution is -2.13. The molecular formula is C34H26Cl2N6O2. The fourth-order valence-electron chi connectivity index (χ4n) is 4.93. The van der Waals surface area contributed by atoms with E-state index in [1.807, 2.05) is 84.9 Å². The van der Waals surface area contributed by atoms with Crippen LogP contribution in [-0.4, -0.2) is 27.5 Å². The van der Waals surface area contributed by atoms with Gasteiger partial charge in [0.2, 0.25) is 0 Å². The molecule has 0 spiro atoms. The third-order valence-electron chi connectivity index (χ3n) is 7.05. The Hall–Kier alpha value is -5.05. The maximum Gasteiger partial charge on any atom is 0.412 e. The molecular weight excluding hydrogens is 595 g/mol. The normalized spacial score (nSPS) is 12.7. The molecule has 2 aliphatic rings. The number of nitrogens with two attached hydrogens (primary N) is 1. The Balaban J connectivity index is 0.000000173. The summed E-state index contributed by atoms with van der Waals surface area (Å²) >= 11 is 11.9. The number of carbonyl (C=O) groups excluding carboxylic acids is 1. The number of carbonyl (C=O) groups is 1. The van der Waals surface area contributed by atoms with E-state index in [0.717, 1.165) is 62.7 Å². The van der Waals surface area contributed by atoms with Crippen LogP contribution in [0, 0.1) is 0 Å². The van der Waals surface area contributed by atoms with Crippen LogP contribution in [-0.2, 0) is 24.2 Å². The number of anilines is 2. The van der Waals surface area contributed by atoms with Gasteiger partial charge >= 0.3 is 6.09 Å². The molecule has 0 bridgehead atoms. The van der Waals surface area contributed by atoms with Crippen molar-refractivity contribution in [1.82, 2.24) is 9.97 Å². The second-order valence-corrected chi connectivity index (χ2v) is 10.8. The minimum absolute atomic E-state index is 0.214. The van der Waals surface area contributed by atoms with E-state index in [2.05, 4.69) is 20.3 Å². The number of aliphatic imine (C=N–C) groups is 2. The van der Waals surface area contributed by atoms with Crippen LogP contribution in [0.15, 0.2) is 113 Å². The van der Waals surface area contributed by atoms with Gasteiger partial charge in [0, 0.05) is 36.4 Å². The van der Waals surface area contributed by atoms with Crippen molar-refractivity contribution in [1.29, 1.82) is 0 Å². The summed E-state index contributed by atoms with van der Waals surface area (Å²) < 4.78 is 5.29. The Bertz CT molecular complexity index is 1910. The molecule has 7 rings (SSSR count). The van der Waals surface area contributed by atoms with Gasteiger partial charge in [0.1, 0.15) is 16.9 Å². The van der Waals surface area contributed by atoms with E-state index in [1.54, 1.807) is 18.5 Å². The first-order valence-electron chi connectivity index (χ1n) is 13.8. The predicted octanol–water partition coefficient (Wildman–Crippen LogP) is 8.15.